The average molecular weight is 267 g/mol. The predicted molar refractivity (Wildman–Crippen MR) is 79.1 cm³/mol. The highest BCUT2D eigenvalue weighted by Crippen LogP contribution is 2.39. The number of phenols is 1. The molecule has 1 aliphatic rings. The number of nitrogens with one attached hydrogen (secondary N) is 1. The van der Waals surface area contributed by atoms with Crippen LogP contribution in [0.3, 0.4) is 0 Å². The molecule has 0 fully saturated rings. The Bertz CT molecular complexity index is 674. The van der Waals surface area contributed by atoms with E-state index in [9.17, 15) is 9.90 Å². The van der Waals surface area contributed by atoms with Gasteiger partial charge in [-0.25, -0.2) is 0 Å². The van der Waals surface area contributed by atoms with Crippen molar-refractivity contribution in [3.8, 4) is 5.75 Å². The van der Waals surface area contributed by atoms with Crippen LogP contribution in [0, 0.1) is 13.8 Å². The number of hydrogen-bond acceptors (Lipinski definition) is 2. The highest BCUT2D eigenvalue weighted by atomic mass is 16.3. The third-order valence-electron chi connectivity index (χ3n) is 4.09. The van der Waals surface area contributed by atoms with Crippen LogP contribution in [0.2, 0.25) is 0 Å². The van der Waals surface area contributed by atoms with Gasteiger partial charge < -0.3 is 10.4 Å². The minimum atomic E-state index is 0.0456. The van der Waals surface area contributed by atoms with Crippen molar-refractivity contribution >= 4 is 11.6 Å². The van der Waals surface area contributed by atoms with Crippen LogP contribution in [0.25, 0.3) is 0 Å². The van der Waals surface area contributed by atoms with Gasteiger partial charge in [0.25, 0.3) is 0 Å². The van der Waals surface area contributed by atoms with Crippen LogP contribution in [0.4, 0.5) is 5.69 Å². The van der Waals surface area contributed by atoms with Gasteiger partial charge in [0.1, 0.15) is 5.75 Å². The van der Waals surface area contributed by atoms with E-state index in [0.717, 1.165) is 22.4 Å². The number of rotatable bonds is 1. The lowest BCUT2D eigenvalue weighted by Gasteiger charge is -2.28. The van der Waals surface area contributed by atoms with E-state index >= 15 is 0 Å². The van der Waals surface area contributed by atoms with Crippen molar-refractivity contribution in [1.29, 1.82) is 0 Å². The zero-order valence-electron chi connectivity index (χ0n) is 11.6. The van der Waals surface area contributed by atoms with Crippen molar-refractivity contribution in [2.75, 3.05) is 5.32 Å². The number of aromatic hydroxyl groups is 1. The van der Waals surface area contributed by atoms with E-state index in [1.807, 2.05) is 26.0 Å². The summed E-state index contributed by atoms with van der Waals surface area (Å²) >= 11 is 0. The molecule has 0 unspecified atom stereocenters. The minimum Gasteiger partial charge on any atom is -0.508 e. The Morgan fingerprint density at radius 1 is 1.10 bits per heavy atom. The van der Waals surface area contributed by atoms with E-state index in [1.165, 1.54) is 5.56 Å². The molecule has 20 heavy (non-hydrogen) atoms. The van der Waals surface area contributed by atoms with Gasteiger partial charge in [0, 0.05) is 18.0 Å². The molecular weight excluding hydrogens is 250 g/mol. The third kappa shape index (κ3) is 2.05. The van der Waals surface area contributed by atoms with Gasteiger partial charge in [-0.15, -0.1) is 0 Å². The fraction of sp³-hybridized carbons (Fsp3) is 0.235. The van der Waals surface area contributed by atoms with Gasteiger partial charge in [-0.3, -0.25) is 4.79 Å². The van der Waals surface area contributed by atoms with Crippen LogP contribution >= 0.6 is 0 Å². The Morgan fingerprint density at radius 3 is 2.50 bits per heavy atom. The zero-order chi connectivity index (χ0) is 14.3. The zero-order valence-corrected chi connectivity index (χ0v) is 11.6. The number of fused-ring (bicyclic) bond motifs is 1. The molecule has 1 atom stereocenters. The molecule has 0 bridgehead atoms. The number of hydrogen-bond donors (Lipinski definition) is 2. The number of carbonyl (C=O) groups excluding carboxylic acids is 1. The normalized spacial score (nSPS) is 17.5. The SMILES string of the molecule is Cc1ccc2c(c1C)NC(=O)C[C@@H]2c1ccc(O)cc1. The molecule has 102 valence electrons. The maximum Gasteiger partial charge on any atom is 0.225 e. The van der Waals surface area contributed by atoms with Gasteiger partial charge in [0.2, 0.25) is 5.91 Å². The van der Waals surface area contributed by atoms with Gasteiger partial charge in [0.15, 0.2) is 0 Å². The first kappa shape index (κ1) is 12.7. The standard InChI is InChI=1S/C17H17NO2/c1-10-3-8-14-15(12-4-6-13(19)7-5-12)9-16(20)18-17(14)11(10)2/h3-8,15,19H,9H2,1-2H3,(H,18,20)/t15-/m1/s1. The van der Waals surface area contributed by atoms with Crippen LogP contribution < -0.4 is 5.32 Å². The molecule has 1 heterocycles. The Hall–Kier alpha value is -2.29. The molecule has 0 aliphatic carbocycles. The lowest BCUT2D eigenvalue weighted by molar-refractivity contribution is -0.116. The molecule has 2 N–H and O–H groups in total. The quantitative estimate of drug-likeness (QED) is 0.831. The molecule has 0 aromatic heterocycles. The summed E-state index contributed by atoms with van der Waals surface area (Å²) in [6, 6.07) is 11.3. The smallest absolute Gasteiger partial charge is 0.225 e. The van der Waals surface area contributed by atoms with Crippen LogP contribution in [0.1, 0.15) is 34.6 Å². The Labute approximate surface area is 118 Å². The fourth-order valence-corrected chi connectivity index (χ4v) is 2.78. The topological polar surface area (TPSA) is 49.3 Å². The Kier molecular flexibility index (Phi) is 2.97. The first-order valence-corrected chi connectivity index (χ1v) is 6.75. The third-order valence-corrected chi connectivity index (χ3v) is 4.09. The maximum atomic E-state index is 12.0. The molecule has 1 aliphatic heterocycles. The number of anilines is 1. The summed E-state index contributed by atoms with van der Waals surface area (Å²) in [6.45, 7) is 4.08. The number of aryl methyl sites for hydroxylation is 1. The predicted octanol–water partition coefficient (Wildman–Crippen LogP) is 3.48. The van der Waals surface area contributed by atoms with Crippen LogP contribution in [0.15, 0.2) is 36.4 Å². The van der Waals surface area contributed by atoms with Crippen molar-refractivity contribution in [2.24, 2.45) is 0 Å². The number of amides is 1. The highest BCUT2D eigenvalue weighted by molar-refractivity contribution is 5.96. The minimum absolute atomic E-state index is 0.0456. The van der Waals surface area contributed by atoms with E-state index in [-0.39, 0.29) is 17.6 Å². The first-order valence-electron chi connectivity index (χ1n) is 6.75. The van der Waals surface area contributed by atoms with Gasteiger partial charge in [-0.05, 0) is 48.2 Å². The fourth-order valence-electron chi connectivity index (χ4n) is 2.78. The molecule has 0 saturated heterocycles. The average Bonchev–Trinajstić information content (AvgIpc) is 2.43. The Balaban J connectivity index is 2.13. The van der Waals surface area contributed by atoms with Crippen LogP contribution in [-0.2, 0) is 4.79 Å². The summed E-state index contributed by atoms with van der Waals surface area (Å²) in [5.74, 6) is 0.345. The molecule has 3 heteroatoms. The molecule has 2 aromatic rings. The van der Waals surface area contributed by atoms with Crippen LogP contribution in [0.5, 0.6) is 5.75 Å². The van der Waals surface area contributed by atoms with Crippen molar-refractivity contribution in [3.63, 3.8) is 0 Å². The Morgan fingerprint density at radius 2 is 1.80 bits per heavy atom. The van der Waals surface area contributed by atoms with E-state index in [0.29, 0.717) is 6.42 Å². The second-order valence-corrected chi connectivity index (χ2v) is 5.37. The highest BCUT2D eigenvalue weighted by Gasteiger charge is 2.27. The molecule has 0 saturated carbocycles. The number of carbonyl (C=O) groups is 1. The summed E-state index contributed by atoms with van der Waals surface area (Å²) in [7, 11) is 0. The van der Waals surface area contributed by atoms with Gasteiger partial charge in [0.05, 0.1) is 0 Å². The summed E-state index contributed by atoms with van der Waals surface area (Å²) in [5.41, 5.74) is 5.45. The molecule has 1 amide bonds. The van der Waals surface area contributed by atoms with Crippen molar-refractivity contribution in [3.05, 3.63) is 58.7 Å². The van der Waals surface area contributed by atoms with Gasteiger partial charge in [-0.1, -0.05) is 24.3 Å². The lowest BCUT2D eigenvalue weighted by atomic mass is 9.83. The summed E-state index contributed by atoms with van der Waals surface area (Å²) in [6.07, 6.45) is 0.445. The van der Waals surface area contributed by atoms with E-state index in [4.69, 9.17) is 0 Å². The lowest BCUT2D eigenvalue weighted by Crippen LogP contribution is -2.24. The van der Waals surface area contributed by atoms with E-state index < -0.39 is 0 Å². The molecule has 3 nitrogen and oxygen atoms in total. The molecule has 2 aromatic carbocycles. The molecule has 0 radical (unpaired) electrons. The maximum absolute atomic E-state index is 12.0. The van der Waals surface area contributed by atoms with Gasteiger partial charge in [-0.2, -0.15) is 0 Å². The van der Waals surface area contributed by atoms with Crippen molar-refractivity contribution in [2.45, 2.75) is 26.2 Å². The van der Waals surface area contributed by atoms with Crippen molar-refractivity contribution < 1.29 is 9.90 Å². The van der Waals surface area contributed by atoms with Crippen LogP contribution in [-0.4, -0.2) is 11.0 Å². The number of phenolic OH excluding ortho intramolecular Hbond substituents is 1. The molecule has 0 spiro atoms. The second kappa shape index (κ2) is 4.67. The van der Waals surface area contributed by atoms with E-state index in [1.54, 1.807) is 12.1 Å². The molecule has 3 rings (SSSR count). The van der Waals surface area contributed by atoms with Crippen molar-refractivity contribution in [1.82, 2.24) is 0 Å². The monoisotopic (exact) mass is 267 g/mol. The summed E-state index contributed by atoms with van der Waals surface area (Å²) in [5, 5.41) is 12.4. The largest absolute Gasteiger partial charge is 0.508 e. The van der Waals surface area contributed by atoms with E-state index in [2.05, 4.69) is 17.4 Å². The summed E-state index contributed by atoms with van der Waals surface area (Å²) in [4.78, 5) is 12.0. The van der Waals surface area contributed by atoms with Gasteiger partial charge >= 0.3 is 0 Å². The first-order chi connectivity index (χ1) is 9.56. The second-order valence-electron chi connectivity index (χ2n) is 5.37. The summed E-state index contributed by atoms with van der Waals surface area (Å²) < 4.78 is 0. The molecular formula is C17H17NO2. The number of benzene rings is 2.